The summed E-state index contributed by atoms with van der Waals surface area (Å²) in [5.41, 5.74) is 1.88. The molecule has 3 aromatic rings. The molecular weight excluding hydrogens is 372 g/mol. The summed E-state index contributed by atoms with van der Waals surface area (Å²) in [5, 5.41) is 9.64. The second-order valence-corrected chi connectivity index (χ2v) is 7.64. The Morgan fingerprint density at radius 3 is 2.57 bits per heavy atom. The SMILES string of the molecule is COc1ccc2sc(N(CCCN(C)C)C(=O)c3ccc(C#N)cc3)nc2c1. The number of hydrogen-bond donors (Lipinski definition) is 0. The maximum Gasteiger partial charge on any atom is 0.260 e. The number of rotatable bonds is 7. The molecule has 0 atom stereocenters. The molecule has 7 heteroatoms. The first-order valence-corrected chi connectivity index (χ1v) is 9.75. The van der Waals surface area contributed by atoms with Gasteiger partial charge in [-0.1, -0.05) is 11.3 Å². The Kier molecular flexibility index (Phi) is 6.24. The Bertz CT molecular complexity index is 1010. The fraction of sp³-hybridized carbons (Fsp3) is 0.286. The van der Waals surface area contributed by atoms with Crippen molar-refractivity contribution in [1.82, 2.24) is 9.88 Å². The van der Waals surface area contributed by atoms with E-state index in [1.165, 1.54) is 11.3 Å². The maximum atomic E-state index is 13.2. The van der Waals surface area contributed by atoms with Crippen molar-refractivity contribution in [3.63, 3.8) is 0 Å². The topological polar surface area (TPSA) is 69.5 Å². The molecule has 0 aliphatic carbocycles. The normalized spacial score (nSPS) is 10.8. The zero-order valence-corrected chi connectivity index (χ0v) is 17.0. The third kappa shape index (κ3) is 4.47. The number of carbonyl (C=O) groups excluding carboxylic acids is 1. The number of aromatic nitrogens is 1. The first-order valence-electron chi connectivity index (χ1n) is 8.93. The molecule has 0 aliphatic rings. The molecule has 1 heterocycles. The summed E-state index contributed by atoms with van der Waals surface area (Å²) in [4.78, 5) is 21.7. The van der Waals surface area contributed by atoms with E-state index in [4.69, 9.17) is 10.00 Å². The smallest absolute Gasteiger partial charge is 0.260 e. The second kappa shape index (κ2) is 8.83. The number of nitriles is 1. The lowest BCUT2D eigenvalue weighted by Crippen LogP contribution is -2.33. The fourth-order valence-electron chi connectivity index (χ4n) is 2.81. The molecule has 3 rings (SSSR count). The molecule has 1 aromatic heterocycles. The number of amides is 1. The Morgan fingerprint density at radius 1 is 1.18 bits per heavy atom. The van der Waals surface area contributed by atoms with Crippen molar-refractivity contribution < 1.29 is 9.53 Å². The Labute approximate surface area is 168 Å². The number of carbonyl (C=O) groups is 1. The van der Waals surface area contributed by atoms with Gasteiger partial charge in [0.15, 0.2) is 5.13 Å². The van der Waals surface area contributed by atoms with E-state index in [-0.39, 0.29) is 5.91 Å². The van der Waals surface area contributed by atoms with Crippen LogP contribution in [0, 0.1) is 11.3 Å². The fourth-order valence-corrected chi connectivity index (χ4v) is 3.78. The Hall–Kier alpha value is -2.95. The van der Waals surface area contributed by atoms with Gasteiger partial charge in [-0.2, -0.15) is 5.26 Å². The third-order valence-corrected chi connectivity index (χ3v) is 5.37. The monoisotopic (exact) mass is 394 g/mol. The van der Waals surface area contributed by atoms with Crippen molar-refractivity contribution in [3.8, 4) is 11.8 Å². The number of thiazole rings is 1. The van der Waals surface area contributed by atoms with Crippen molar-refractivity contribution in [3.05, 3.63) is 53.6 Å². The van der Waals surface area contributed by atoms with E-state index in [2.05, 4.69) is 16.0 Å². The summed E-state index contributed by atoms with van der Waals surface area (Å²) in [7, 11) is 5.64. The lowest BCUT2D eigenvalue weighted by molar-refractivity contribution is 0.0986. The number of methoxy groups -OCH3 is 1. The van der Waals surface area contributed by atoms with Crippen LogP contribution in [0.25, 0.3) is 10.2 Å². The summed E-state index contributed by atoms with van der Waals surface area (Å²) >= 11 is 1.49. The van der Waals surface area contributed by atoms with E-state index in [1.807, 2.05) is 32.3 Å². The number of nitrogens with zero attached hydrogens (tertiary/aromatic N) is 4. The first-order chi connectivity index (χ1) is 13.5. The summed E-state index contributed by atoms with van der Waals surface area (Å²) in [5.74, 6) is 0.621. The third-order valence-electron chi connectivity index (χ3n) is 4.31. The highest BCUT2D eigenvalue weighted by atomic mass is 32.1. The average Bonchev–Trinajstić information content (AvgIpc) is 3.13. The molecule has 0 aliphatic heterocycles. The van der Waals surface area contributed by atoms with Crippen LogP contribution in [0.3, 0.4) is 0 Å². The number of fused-ring (bicyclic) bond motifs is 1. The standard InChI is InChI=1S/C21H22N4O2S/c1-24(2)11-4-12-25(20(26)16-7-5-15(14-22)6-8-16)21-23-18-13-17(27-3)9-10-19(18)28-21/h5-10,13H,4,11-12H2,1-3H3. The highest BCUT2D eigenvalue weighted by molar-refractivity contribution is 7.22. The van der Waals surface area contributed by atoms with Crippen molar-refractivity contribution in [1.29, 1.82) is 5.26 Å². The Balaban J connectivity index is 1.93. The molecule has 0 unspecified atom stereocenters. The zero-order chi connectivity index (χ0) is 20.1. The van der Waals surface area contributed by atoms with Gasteiger partial charge in [0.25, 0.3) is 5.91 Å². The summed E-state index contributed by atoms with van der Waals surface area (Å²) < 4.78 is 6.28. The molecule has 28 heavy (non-hydrogen) atoms. The highest BCUT2D eigenvalue weighted by Crippen LogP contribution is 2.32. The van der Waals surface area contributed by atoms with Crippen molar-refractivity contribution in [2.45, 2.75) is 6.42 Å². The van der Waals surface area contributed by atoms with E-state index in [0.29, 0.717) is 22.8 Å². The van der Waals surface area contributed by atoms with Gasteiger partial charge in [0, 0.05) is 18.2 Å². The number of ether oxygens (including phenoxy) is 1. The van der Waals surface area contributed by atoms with Crippen LogP contribution < -0.4 is 9.64 Å². The molecule has 1 amide bonds. The molecule has 0 N–H and O–H groups in total. The molecule has 0 bridgehead atoms. The minimum atomic E-state index is -0.116. The minimum Gasteiger partial charge on any atom is -0.497 e. The van der Waals surface area contributed by atoms with Crippen molar-refractivity contribution in [2.75, 3.05) is 39.2 Å². The van der Waals surface area contributed by atoms with Crippen LogP contribution in [0.4, 0.5) is 5.13 Å². The van der Waals surface area contributed by atoms with Gasteiger partial charge >= 0.3 is 0 Å². The average molecular weight is 395 g/mol. The lowest BCUT2D eigenvalue weighted by Gasteiger charge is -2.21. The summed E-state index contributed by atoms with van der Waals surface area (Å²) in [6.07, 6.45) is 0.828. The predicted molar refractivity (Wildman–Crippen MR) is 112 cm³/mol. The maximum absolute atomic E-state index is 13.2. The highest BCUT2D eigenvalue weighted by Gasteiger charge is 2.21. The largest absolute Gasteiger partial charge is 0.497 e. The molecular formula is C21H22N4O2S. The molecule has 0 saturated heterocycles. The number of hydrogen-bond acceptors (Lipinski definition) is 6. The van der Waals surface area contributed by atoms with Crippen LogP contribution in [0.15, 0.2) is 42.5 Å². The Morgan fingerprint density at radius 2 is 1.93 bits per heavy atom. The molecule has 0 radical (unpaired) electrons. The van der Waals surface area contributed by atoms with Gasteiger partial charge in [0.2, 0.25) is 0 Å². The molecule has 0 fully saturated rings. The van der Waals surface area contributed by atoms with E-state index in [0.717, 1.165) is 28.9 Å². The van der Waals surface area contributed by atoms with Gasteiger partial charge in [-0.15, -0.1) is 0 Å². The zero-order valence-electron chi connectivity index (χ0n) is 16.2. The first kappa shape index (κ1) is 19.8. The van der Waals surface area contributed by atoms with Gasteiger partial charge in [0.05, 0.1) is 29.0 Å². The van der Waals surface area contributed by atoms with Crippen molar-refractivity contribution >= 4 is 32.6 Å². The van der Waals surface area contributed by atoms with Crippen molar-refractivity contribution in [2.24, 2.45) is 0 Å². The lowest BCUT2D eigenvalue weighted by atomic mass is 10.1. The summed E-state index contributed by atoms with van der Waals surface area (Å²) in [6, 6.07) is 14.5. The van der Waals surface area contributed by atoms with Gasteiger partial charge in [-0.3, -0.25) is 9.69 Å². The number of benzene rings is 2. The van der Waals surface area contributed by atoms with Crippen LogP contribution in [-0.4, -0.2) is 50.1 Å². The number of anilines is 1. The minimum absolute atomic E-state index is 0.116. The van der Waals surface area contributed by atoms with Gasteiger partial charge < -0.3 is 9.64 Å². The van der Waals surface area contributed by atoms with Crippen LogP contribution in [0.2, 0.25) is 0 Å². The van der Waals surface area contributed by atoms with Crippen LogP contribution >= 0.6 is 11.3 Å². The molecule has 2 aromatic carbocycles. The van der Waals surface area contributed by atoms with Gasteiger partial charge in [0.1, 0.15) is 5.75 Å². The van der Waals surface area contributed by atoms with E-state index in [1.54, 1.807) is 36.3 Å². The van der Waals surface area contributed by atoms with E-state index in [9.17, 15) is 4.79 Å². The van der Waals surface area contributed by atoms with E-state index >= 15 is 0 Å². The summed E-state index contributed by atoms with van der Waals surface area (Å²) in [6.45, 7) is 1.43. The predicted octanol–water partition coefficient (Wildman–Crippen LogP) is 3.78. The molecule has 144 valence electrons. The molecule has 6 nitrogen and oxygen atoms in total. The van der Waals surface area contributed by atoms with E-state index < -0.39 is 0 Å². The quantitative estimate of drug-likeness (QED) is 0.610. The van der Waals surface area contributed by atoms with Crippen LogP contribution in [0.5, 0.6) is 5.75 Å². The van der Waals surface area contributed by atoms with Crippen LogP contribution in [-0.2, 0) is 0 Å². The van der Waals surface area contributed by atoms with Gasteiger partial charge in [-0.25, -0.2) is 4.98 Å². The van der Waals surface area contributed by atoms with Gasteiger partial charge in [-0.05, 0) is 63.5 Å². The molecule has 0 saturated carbocycles. The van der Waals surface area contributed by atoms with Crippen LogP contribution in [0.1, 0.15) is 22.3 Å². The second-order valence-electron chi connectivity index (χ2n) is 6.63. The molecule has 0 spiro atoms.